The van der Waals surface area contributed by atoms with Gasteiger partial charge < -0.3 is 14.8 Å². The lowest BCUT2D eigenvalue weighted by atomic mass is 9.98. The Bertz CT molecular complexity index is 910. The number of amides is 5. The first-order chi connectivity index (χ1) is 15.8. The molecular weight excluding hydrogens is 428 g/mol. The molecule has 1 aliphatic carbocycles. The minimum absolute atomic E-state index is 0.0512. The largest absolute Gasteiger partial charge is 0.493 e. The van der Waals surface area contributed by atoms with Crippen LogP contribution in [0.4, 0.5) is 4.79 Å². The molecule has 3 N–H and O–H groups in total. The van der Waals surface area contributed by atoms with Crippen LogP contribution in [0.15, 0.2) is 18.2 Å². The molecule has 5 amide bonds. The van der Waals surface area contributed by atoms with Gasteiger partial charge in [-0.3, -0.25) is 30.1 Å². The van der Waals surface area contributed by atoms with E-state index >= 15 is 0 Å². The summed E-state index contributed by atoms with van der Waals surface area (Å²) in [5, 5.41) is 2.77. The quantitative estimate of drug-likeness (QED) is 0.383. The second kappa shape index (κ2) is 10.5. The molecule has 10 nitrogen and oxygen atoms in total. The number of hydrogen-bond donors (Lipinski definition) is 3. The van der Waals surface area contributed by atoms with Crippen LogP contribution in [0.5, 0.6) is 11.5 Å². The van der Waals surface area contributed by atoms with Crippen molar-refractivity contribution in [1.29, 1.82) is 0 Å². The van der Waals surface area contributed by atoms with Crippen molar-refractivity contribution >= 4 is 23.8 Å². The van der Waals surface area contributed by atoms with Crippen LogP contribution < -0.4 is 25.6 Å². The molecule has 2 aliphatic rings. The van der Waals surface area contributed by atoms with E-state index in [-0.39, 0.29) is 24.4 Å². The number of nitrogens with zero attached hydrogens (tertiary/aromatic N) is 1. The first kappa shape index (κ1) is 24.3. The maximum absolute atomic E-state index is 12.6. The number of hydrogen-bond acceptors (Lipinski definition) is 6. The van der Waals surface area contributed by atoms with E-state index in [0.29, 0.717) is 36.9 Å². The van der Waals surface area contributed by atoms with Crippen molar-refractivity contribution in [2.24, 2.45) is 5.92 Å². The Morgan fingerprint density at radius 1 is 1.15 bits per heavy atom. The van der Waals surface area contributed by atoms with Crippen LogP contribution in [-0.2, 0) is 9.59 Å². The van der Waals surface area contributed by atoms with Crippen LogP contribution in [0.3, 0.4) is 0 Å². The number of benzene rings is 1. The van der Waals surface area contributed by atoms with Gasteiger partial charge in [-0.2, -0.15) is 0 Å². The highest BCUT2D eigenvalue weighted by atomic mass is 16.5. The number of imide groups is 1. The van der Waals surface area contributed by atoms with Gasteiger partial charge in [0.1, 0.15) is 5.54 Å². The third-order valence-corrected chi connectivity index (χ3v) is 5.96. The van der Waals surface area contributed by atoms with Crippen LogP contribution in [0.1, 0.15) is 62.7 Å². The number of methoxy groups -OCH3 is 1. The summed E-state index contributed by atoms with van der Waals surface area (Å²) < 4.78 is 11.0. The van der Waals surface area contributed by atoms with Crippen molar-refractivity contribution in [3.8, 4) is 11.5 Å². The summed E-state index contributed by atoms with van der Waals surface area (Å²) in [6, 6.07) is 4.28. The monoisotopic (exact) mass is 460 g/mol. The standard InChI is InChI=1S/C23H32N4O6/c1-15(2)9-13-33-17-7-6-16(14-18(17)32-3)20(29)26-25-19(28)8-12-27-21(30)23(24-22(27)31)10-4-5-11-23/h6-7,14-15H,4-5,8-13H2,1-3H3,(H,24,31)(H,25,28)(H,26,29). The lowest BCUT2D eigenvalue weighted by Gasteiger charge is -2.19. The Kier molecular flexibility index (Phi) is 7.78. The van der Waals surface area contributed by atoms with E-state index in [0.717, 1.165) is 24.2 Å². The van der Waals surface area contributed by atoms with E-state index in [1.165, 1.54) is 13.2 Å². The molecule has 0 radical (unpaired) electrons. The van der Waals surface area contributed by atoms with Gasteiger partial charge in [-0.05, 0) is 43.4 Å². The van der Waals surface area contributed by atoms with Crippen molar-refractivity contribution in [3.63, 3.8) is 0 Å². The molecule has 2 fully saturated rings. The lowest BCUT2D eigenvalue weighted by Crippen LogP contribution is -2.45. The summed E-state index contributed by atoms with van der Waals surface area (Å²) in [6.07, 6.45) is 3.80. The SMILES string of the molecule is COc1cc(C(=O)NNC(=O)CCN2C(=O)NC3(CCCC3)C2=O)ccc1OCCC(C)C. The van der Waals surface area contributed by atoms with Crippen LogP contribution in [-0.4, -0.2) is 54.5 Å². The third-order valence-electron chi connectivity index (χ3n) is 5.96. The van der Waals surface area contributed by atoms with Gasteiger partial charge in [0.05, 0.1) is 13.7 Å². The first-order valence-electron chi connectivity index (χ1n) is 11.3. The predicted octanol–water partition coefficient (Wildman–Crippen LogP) is 2.14. The van der Waals surface area contributed by atoms with Gasteiger partial charge in [0.15, 0.2) is 11.5 Å². The Morgan fingerprint density at radius 2 is 1.88 bits per heavy atom. The second-order valence-corrected chi connectivity index (χ2v) is 8.83. The number of carbonyl (C=O) groups excluding carboxylic acids is 4. The first-order valence-corrected chi connectivity index (χ1v) is 11.3. The van der Waals surface area contributed by atoms with Gasteiger partial charge in [0.2, 0.25) is 5.91 Å². The van der Waals surface area contributed by atoms with Crippen molar-refractivity contribution in [2.75, 3.05) is 20.3 Å². The molecule has 10 heteroatoms. The minimum Gasteiger partial charge on any atom is -0.493 e. The molecule has 3 rings (SSSR count). The van der Waals surface area contributed by atoms with Crippen molar-refractivity contribution in [1.82, 2.24) is 21.1 Å². The van der Waals surface area contributed by atoms with Crippen molar-refractivity contribution in [3.05, 3.63) is 23.8 Å². The number of carbonyl (C=O) groups is 4. The Balaban J connectivity index is 1.47. The van der Waals surface area contributed by atoms with Crippen molar-refractivity contribution < 1.29 is 28.7 Å². The van der Waals surface area contributed by atoms with Crippen LogP contribution in [0.25, 0.3) is 0 Å². The van der Waals surface area contributed by atoms with E-state index in [2.05, 4.69) is 30.0 Å². The number of hydrazine groups is 1. The van der Waals surface area contributed by atoms with Crippen molar-refractivity contribution in [2.45, 2.75) is 57.9 Å². The molecule has 0 atom stereocenters. The summed E-state index contributed by atoms with van der Waals surface area (Å²) >= 11 is 0. The Hall–Kier alpha value is -3.30. The van der Waals surface area contributed by atoms with Gasteiger partial charge in [-0.1, -0.05) is 26.7 Å². The smallest absolute Gasteiger partial charge is 0.325 e. The number of urea groups is 1. The molecule has 33 heavy (non-hydrogen) atoms. The molecular formula is C23H32N4O6. The predicted molar refractivity (Wildman–Crippen MR) is 120 cm³/mol. The molecule has 1 aromatic carbocycles. The molecule has 1 aliphatic heterocycles. The maximum Gasteiger partial charge on any atom is 0.325 e. The molecule has 1 saturated heterocycles. The highest BCUT2D eigenvalue weighted by Gasteiger charge is 2.52. The van der Waals surface area contributed by atoms with E-state index in [4.69, 9.17) is 9.47 Å². The fourth-order valence-electron chi connectivity index (χ4n) is 4.00. The van der Waals surface area contributed by atoms with Crippen LogP contribution >= 0.6 is 0 Å². The average Bonchev–Trinajstić information content (AvgIpc) is 3.35. The van der Waals surface area contributed by atoms with Crippen LogP contribution in [0.2, 0.25) is 0 Å². The Labute approximate surface area is 193 Å². The third kappa shape index (κ3) is 5.74. The number of nitrogens with one attached hydrogen (secondary N) is 3. The van der Waals surface area contributed by atoms with Gasteiger partial charge in [-0.15, -0.1) is 0 Å². The molecule has 0 bridgehead atoms. The Morgan fingerprint density at radius 3 is 2.55 bits per heavy atom. The number of ether oxygens (including phenoxy) is 2. The van der Waals surface area contributed by atoms with Gasteiger partial charge >= 0.3 is 6.03 Å². The summed E-state index contributed by atoms with van der Waals surface area (Å²) in [7, 11) is 1.49. The minimum atomic E-state index is -0.800. The maximum atomic E-state index is 12.6. The van der Waals surface area contributed by atoms with Gasteiger partial charge in [-0.25, -0.2) is 4.79 Å². The molecule has 1 heterocycles. The average molecular weight is 461 g/mol. The summed E-state index contributed by atoms with van der Waals surface area (Å²) in [6.45, 7) is 4.69. The van der Waals surface area contributed by atoms with E-state index in [9.17, 15) is 19.2 Å². The highest BCUT2D eigenvalue weighted by Crippen LogP contribution is 2.35. The molecule has 1 spiro atoms. The molecule has 1 saturated carbocycles. The fourth-order valence-corrected chi connectivity index (χ4v) is 4.00. The summed E-state index contributed by atoms with van der Waals surface area (Å²) in [4.78, 5) is 50.4. The lowest BCUT2D eigenvalue weighted by molar-refractivity contribution is -0.131. The zero-order valence-electron chi connectivity index (χ0n) is 19.4. The normalized spacial score (nSPS) is 16.8. The number of rotatable bonds is 9. The van der Waals surface area contributed by atoms with Gasteiger partial charge in [0, 0.05) is 18.5 Å². The highest BCUT2D eigenvalue weighted by molar-refractivity contribution is 6.07. The van der Waals surface area contributed by atoms with E-state index in [1.807, 2.05) is 0 Å². The second-order valence-electron chi connectivity index (χ2n) is 8.83. The zero-order valence-corrected chi connectivity index (χ0v) is 19.4. The van der Waals surface area contributed by atoms with E-state index in [1.54, 1.807) is 12.1 Å². The molecule has 0 unspecified atom stereocenters. The fraction of sp³-hybridized carbons (Fsp3) is 0.565. The topological polar surface area (TPSA) is 126 Å². The van der Waals surface area contributed by atoms with E-state index < -0.39 is 23.4 Å². The zero-order chi connectivity index (χ0) is 24.0. The molecule has 180 valence electrons. The summed E-state index contributed by atoms with van der Waals surface area (Å²) in [5.41, 5.74) is 4.13. The van der Waals surface area contributed by atoms with Crippen LogP contribution in [0, 0.1) is 5.92 Å². The van der Waals surface area contributed by atoms with Gasteiger partial charge in [0.25, 0.3) is 11.8 Å². The summed E-state index contributed by atoms with van der Waals surface area (Å²) in [5.74, 6) is 0.132. The molecule has 0 aromatic heterocycles. The molecule has 1 aromatic rings.